The van der Waals surface area contributed by atoms with E-state index in [4.69, 9.17) is 0 Å². The van der Waals surface area contributed by atoms with Gasteiger partial charge in [-0.2, -0.15) is 0 Å². The van der Waals surface area contributed by atoms with Crippen molar-refractivity contribution in [3.63, 3.8) is 0 Å². The minimum absolute atomic E-state index is 0.342. The number of hydrogen-bond donors (Lipinski definition) is 1. The van der Waals surface area contributed by atoms with E-state index in [0.29, 0.717) is 11.3 Å². The van der Waals surface area contributed by atoms with Crippen molar-refractivity contribution in [1.29, 1.82) is 0 Å². The maximum absolute atomic E-state index is 12.2. The summed E-state index contributed by atoms with van der Waals surface area (Å²) in [6, 6.07) is 5.12. The molecule has 16 heavy (non-hydrogen) atoms. The van der Waals surface area contributed by atoms with Gasteiger partial charge in [-0.1, -0.05) is 22.0 Å². The first-order chi connectivity index (χ1) is 7.24. The molecule has 1 heterocycles. The molecule has 1 N–H and O–H groups in total. The van der Waals surface area contributed by atoms with Gasteiger partial charge in [-0.3, -0.25) is 0 Å². The third-order valence-corrected chi connectivity index (χ3v) is 6.17. The zero-order valence-electron chi connectivity index (χ0n) is 9.07. The summed E-state index contributed by atoms with van der Waals surface area (Å²) < 4.78 is 25.2. The number of aliphatic hydroxyl groups is 1. The summed E-state index contributed by atoms with van der Waals surface area (Å²) in [6.45, 7) is 3.07. The third kappa shape index (κ3) is 1.71. The molecule has 1 aliphatic heterocycles. The molecule has 0 fully saturated rings. The first kappa shape index (κ1) is 12.1. The Hall–Kier alpha value is -0.390. The van der Waals surface area contributed by atoms with E-state index in [-0.39, 0.29) is 0 Å². The largest absolute Gasteiger partial charge is 0.389 e. The van der Waals surface area contributed by atoms with Crippen LogP contribution in [0.15, 0.2) is 27.6 Å². The van der Waals surface area contributed by atoms with Crippen LogP contribution in [0.5, 0.6) is 0 Å². The van der Waals surface area contributed by atoms with Crippen molar-refractivity contribution in [2.45, 2.75) is 36.0 Å². The molecule has 5 heteroatoms. The second-order valence-electron chi connectivity index (χ2n) is 4.61. The van der Waals surface area contributed by atoms with E-state index in [2.05, 4.69) is 15.9 Å². The van der Waals surface area contributed by atoms with Crippen LogP contribution in [0.25, 0.3) is 0 Å². The van der Waals surface area contributed by atoms with Gasteiger partial charge in [0.2, 0.25) is 0 Å². The third-order valence-electron chi connectivity index (χ3n) is 2.93. The molecule has 1 unspecified atom stereocenters. The van der Waals surface area contributed by atoms with Gasteiger partial charge in [0.15, 0.2) is 9.84 Å². The molecular weight excluding hydrogens is 292 g/mol. The standard InChI is InChI=1S/C11H13BrO3S/c1-11(2,13)10-6-7-8(12)4-3-5-9(7)16(10,14)15/h3-5,10,13H,6H2,1-2H3. The summed E-state index contributed by atoms with van der Waals surface area (Å²) in [5.74, 6) is 0. The van der Waals surface area contributed by atoms with Crippen LogP contribution in [0, 0.1) is 0 Å². The topological polar surface area (TPSA) is 54.4 Å². The van der Waals surface area contributed by atoms with Crippen LogP contribution < -0.4 is 0 Å². The highest BCUT2D eigenvalue weighted by molar-refractivity contribution is 9.10. The number of benzene rings is 1. The van der Waals surface area contributed by atoms with Crippen LogP contribution in [-0.4, -0.2) is 24.4 Å². The molecule has 0 saturated heterocycles. The van der Waals surface area contributed by atoms with Gasteiger partial charge in [0.05, 0.1) is 15.7 Å². The highest BCUT2D eigenvalue weighted by atomic mass is 79.9. The van der Waals surface area contributed by atoms with E-state index in [0.717, 1.165) is 10.0 Å². The fourth-order valence-electron chi connectivity index (χ4n) is 2.08. The normalized spacial score (nSPS) is 23.1. The summed E-state index contributed by atoms with van der Waals surface area (Å²) in [6.07, 6.45) is 0.364. The average molecular weight is 305 g/mol. The Labute approximate surface area is 104 Å². The predicted octanol–water partition coefficient (Wildman–Crippen LogP) is 1.92. The lowest BCUT2D eigenvalue weighted by Crippen LogP contribution is -2.40. The second-order valence-corrected chi connectivity index (χ2v) is 7.56. The van der Waals surface area contributed by atoms with Crippen LogP contribution in [0.3, 0.4) is 0 Å². The van der Waals surface area contributed by atoms with E-state index in [1.54, 1.807) is 12.1 Å². The molecule has 88 valence electrons. The summed E-state index contributed by atoms with van der Waals surface area (Å²) >= 11 is 3.35. The molecule has 0 radical (unpaired) electrons. The molecule has 0 saturated carbocycles. The molecule has 3 nitrogen and oxygen atoms in total. The quantitative estimate of drug-likeness (QED) is 0.862. The fraction of sp³-hybridized carbons (Fsp3) is 0.455. The van der Waals surface area contributed by atoms with Gasteiger partial charge < -0.3 is 5.11 Å². The van der Waals surface area contributed by atoms with Crippen molar-refractivity contribution in [2.24, 2.45) is 0 Å². The minimum atomic E-state index is -3.41. The van der Waals surface area contributed by atoms with Crippen molar-refractivity contribution in [3.8, 4) is 0 Å². The van der Waals surface area contributed by atoms with E-state index in [1.807, 2.05) is 6.07 Å². The van der Waals surface area contributed by atoms with Crippen molar-refractivity contribution in [1.82, 2.24) is 0 Å². The van der Waals surface area contributed by atoms with E-state index in [9.17, 15) is 13.5 Å². The van der Waals surface area contributed by atoms with Gasteiger partial charge >= 0.3 is 0 Å². The van der Waals surface area contributed by atoms with Gasteiger partial charge in [-0.05, 0) is 38.0 Å². The van der Waals surface area contributed by atoms with Gasteiger partial charge in [0, 0.05) is 4.47 Å². The van der Waals surface area contributed by atoms with E-state index in [1.165, 1.54) is 13.8 Å². The Bertz CT molecular complexity index is 529. The molecule has 0 aromatic heterocycles. The molecular formula is C11H13BrO3S. The van der Waals surface area contributed by atoms with E-state index >= 15 is 0 Å². The fourth-order valence-corrected chi connectivity index (χ4v) is 5.00. The Morgan fingerprint density at radius 3 is 2.56 bits per heavy atom. The Morgan fingerprint density at radius 2 is 2.06 bits per heavy atom. The van der Waals surface area contributed by atoms with Gasteiger partial charge in [0.25, 0.3) is 0 Å². The van der Waals surface area contributed by atoms with Crippen molar-refractivity contribution < 1.29 is 13.5 Å². The molecule has 1 aliphatic rings. The first-order valence-electron chi connectivity index (χ1n) is 4.98. The Kier molecular flexibility index (Phi) is 2.68. The van der Waals surface area contributed by atoms with E-state index < -0.39 is 20.7 Å². The minimum Gasteiger partial charge on any atom is -0.389 e. The van der Waals surface area contributed by atoms with Gasteiger partial charge in [-0.25, -0.2) is 8.42 Å². The molecule has 0 aliphatic carbocycles. The second kappa shape index (κ2) is 3.55. The lowest BCUT2D eigenvalue weighted by Gasteiger charge is -2.24. The summed E-state index contributed by atoms with van der Waals surface area (Å²) in [5.41, 5.74) is -0.452. The molecule has 2 rings (SSSR count). The monoisotopic (exact) mass is 304 g/mol. The zero-order chi connectivity index (χ0) is 12.1. The number of sulfone groups is 1. The number of halogens is 1. The summed E-state index contributed by atoms with van der Waals surface area (Å²) in [5, 5.41) is 9.17. The maximum Gasteiger partial charge on any atom is 0.184 e. The van der Waals surface area contributed by atoms with Crippen molar-refractivity contribution >= 4 is 25.8 Å². The predicted molar refractivity (Wildman–Crippen MR) is 65.1 cm³/mol. The number of hydrogen-bond acceptors (Lipinski definition) is 3. The SMILES string of the molecule is CC(C)(O)C1Cc2c(Br)cccc2S1(=O)=O. The lowest BCUT2D eigenvalue weighted by molar-refractivity contribution is 0.0760. The van der Waals surface area contributed by atoms with Crippen molar-refractivity contribution in [3.05, 3.63) is 28.2 Å². The highest BCUT2D eigenvalue weighted by Crippen LogP contribution is 2.39. The molecule has 0 spiro atoms. The average Bonchev–Trinajstić information content (AvgIpc) is 2.39. The van der Waals surface area contributed by atoms with Crippen LogP contribution in [0.1, 0.15) is 19.4 Å². The molecule has 0 bridgehead atoms. The molecule has 0 amide bonds. The Morgan fingerprint density at radius 1 is 1.44 bits per heavy atom. The van der Waals surface area contributed by atoms with Crippen LogP contribution >= 0.6 is 15.9 Å². The smallest absolute Gasteiger partial charge is 0.184 e. The maximum atomic E-state index is 12.2. The van der Waals surface area contributed by atoms with Gasteiger partial charge in [0.1, 0.15) is 0 Å². The van der Waals surface area contributed by atoms with Crippen molar-refractivity contribution in [2.75, 3.05) is 0 Å². The van der Waals surface area contributed by atoms with Crippen LogP contribution in [0.4, 0.5) is 0 Å². The number of rotatable bonds is 1. The summed E-state index contributed by atoms with van der Waals surface area (Å²) in [4.78, 5) is 0.342. The van der Waals surface area contributed by atoms with Gasteiger partial charge in [-0.15, -0.1) is 0 Å². The zero-order valence-corrected chi connectivity index (χ0v) is 11.5. The highest BCUT2D eigenvalue weighted by Gasteiger charge is 2.45. The molecule has 1 aromatic rings. The molecule has 1 atom stereocenters. The van der Waals surface area contributed by atoms with Crippen LogP contribution in [-0.2, 0) is 16.3 Å². The van der Waals surface area contributed by atoms with Crippen LogP contribution in [0.2, 0.25) is 0 Å². The Balaban J connectivity index is 2.64. The molecule has 1 aromatic carbocycles. The first-order valence-corrected chi connectivity index (χ1v) is 7.32. The summed E-state index contributed by atoms with van der Waals surface area (Å²) in [7, 11) is -3.41. The number of fused-ring (bicyclic) bond motifs is 1. The lowest BCUT2D eigenvalue weighted by atomic mass is 9.99.